The van der Waals surface area contributed by atoms with Crippen molar-refractivity contribution in [2.45, 2.75) is 57.5 Å². The summed E-state index contributed by atoms with van der Waals surface area (Å²) in [6, 6.07) is 10.8. The number of benzene rings is 2. The zero-order chi connectivity index (χ0) is 28.9. The lowest BCUT2D eigenvalue weighted by molar-refractivity contribution is -0.125. The summed E-state index contributed by atoms with van der Waals surface area (Å²) in [6.07, 6.45) is 5.65. The van der Waals surface area contributed by atoms with E-state index in [4.69, 9.17) is 18.9 Å². The molecule has 4 rings (SSSR count). The molecule has 2 amide bonds. The van der Waals surface area contributed by atoms with Gasteiger partial charge in [0, 0.05) is 48.1 Å². The average Bonchev–Trinajstić information content (AvgIpc) is 2.98. The van der Waals surface area contributed by atoms with Gasteiger partial charge in [-0.25, -0.2) is 0 Å². The highest BCUT2D eigenvalue weighted by Crippen LogP contribution is 2.35. The average molecular weight is 554 g/mol. The summed E-state index contributed by atoms with van der Waals surface area (Å²) in [5.41, 5.74) is -0.238. The highest BCUT2D eigenvalue weighted by Gasteiger charge is 2.42. The minimum absolute atomic E-state index is 0.242. The molecule has 9 nitrogen and oxygen atoms in total. The lowest BCUT2D eigenvalue weighted by Gasteiger charge is -2.47. The van der Waals surface area contributed by atoms with E-state index in [-0.39, 0.29) is 17.7 Å². The maximum atomic E-state index is 14.3. The summed E-state index contributed by atoms with van der Waals surface area (Å²) in [7, 11) is 6.23. The van der Waals surface area contributed by atoms with Gasteiger partial charge < -0.3 is 34.1 Å². The van der Waals surface area contributed by atoms with E-state index in [1.165, 1.54) is 12.8 Å². The van der Waals surface area contributed by atoms with E-state index >= 15 is 0 Å². The second-order valence-corrected chi connectivity index (χ2v) is 11.1. The molecular formula is C31H43N3O6. The zero-order valence-corrected chi connectivity index (χ0v) is 24.6. The second-order valence-electron chi connectivity index (χ2n) is 11.1. The number of hydrogen-bond donors (Lipinski definition) is 1. The van der Waals surface area contributed by atoms with Crippen LogP contribution in [0.15, 0.2) is 36.4 Å². The number of anilines is 1. The van der Waals surface area contributed by atoms with Gasteiger partial charge in [0.05, 0.1) is 28.4 Å². The van der Waals surface area contributed by atoms with Gasteiger partial charge in [-0.2, -0.15) is 0 Å². The third kappa shape index (κ3) is 6.46. The summed E-state index contributed by atoms with van der Waals surface area (Å²) >= 11 is 0. The van der Waals surface area contributed by atoms with Crippen LogP contribution in [0.3, 0.4) is 0 Å². The summed E-state index contributed by atoms with van der Waals surface area (Å²) in [4.78, 5) is 32.5. The molecule has 2 fully saturated rings. The standard InChI is InChI=1S/C31H43N3O6/c1-31(2,30(36)32-23-16-26(39-5)19-27(17-23)40-6)34(20-21-10-9-13-33-12-8-7-11-28(21)33)29(35)22-14-24(37-3)18-25(15-22)38-4/h14-19,21,28H,7-13,20H2,1-6H3,(H,32,36)/t21-,28+/m1/s1. The Morgan fingerprint density at radius 2 is 1.38 bits per heavy atom. The summed E-state index contributed by atoms with van der Waals surface area (Å²) in [6.45, 7) is 6.28. The number of rotatable bonds is 10. The molecule has 218 valence electrons. The number of hydrogen-bond acceptors (Lipinski definition) is 7. The van der Waals surface area contributed by atoms with Crippen LogP contribution in [0.4, 0.5) is 5.69 Å². The van der Waals surface area contributed by atoms with Crippen molar-refractivity contribution in [3.63, 3.8) is 0 Å². The quantitative estimate of drug-likeness (QED) is 0.450. The van der Waals surface area contributed by atoms with Crippen LogP contribution >= 0.6 is 0 Å². The fourth-order valence-corrected chi connectivity index (χ4v) is 5.96. The molecule has 0 bridgehead atoms. The van der Waals surface area contributed by atoms with Gasteiger partial charge in [-0.1, -0.05) is 6.42 Å². The van der Waals surface area contributed by atoms with Gasteiger partial charge in [0.25, 0.3) is 5.91 Å². The van der Waals surface area contributed by atoms with Crippen LogP contribution in [0.2, 0.25) is 0 Å². The third-order valence-electron chi connectivity index (χ3n) is 8.33. The molecule has 2 atom stereocenters. The minimum Gasteiger partial charge on any atom is -0.497 e. The lowest BCUT2D eigenvalue weighted by atomic mass is 9.82. The number of ether oxygens (including phenoxy) is 4. The van der Waals surface area contributed by atoms with Crippen molar-refractivity contribution >= 4 is 17.5 Å². The molecule has 2 aromatic rings. The first-order chi connectivity index (χ1) is 19.2. The molecule has 2 aromatic carbocycles. The molecule has 9 heteroatoms. The Kier molecular flexibility index (Phi) is 9.45. The summed E-state index contributed by atoms with van der Waals surface area (Å²) in [5.74, 6) is 1.88. The van der Waals surface area contributed by atoms with Crippen molar-refractivity contribution in [1.29, 1.82) is 0 Å². The van der Waals surface area contributed by atoms with Crippen LogP contribution in [0.25, 0.3) is 0 Å². The van der Waals surface area contributed by atoms with Crippen LogP contribution in [-0.2, 0) is 4.79 Å². The smallest absolute Gasteiger partial charge is 0.255 e. The molecule has 40 heavy (non-hydrogen) atoms. The second kappa shape index (κ2) is 12.8. The zero-order valence-electron chi connectivity index (χ0n) is 24.6. The highest BCUT2D eigenvalue weighted by molar-refractivity contribution is 6.03. The third-order valence-corrected chi connectivity index (χ3v) is 8.33. The number of amides is 2. The normalized spacial score (nSPS) is 19.2. The van der Waals surface area contributed by atoms with Crippen LogP contribution in [-0.4, -0.2) is 81.3 Å². The molecule has 2 heterocycles. The Balaban J connectivity index is 1.69. The largest absolute Gasteiger partial charge is 0.497 e. The summed E-state index contributed by atoms with van der Waals surface area (Å²) in [5, 5.41) is 3.00. The van der Waals surface area contributed by atoms with E-state index < -0.39 is 5.54 Å². The Morgan fingerprint density at radius 3 is 1.95 bits per heavy atom. The molecule has 2 saturated heterocycles. The summed E-state index contributed by atoms with van der Waals surface area (Å²) < 4.78 is 21.6. The SMILES string of the molecule is COc1cc(NC(=O)C(C)(C)N(C[C@H]2CCCN3CCCC[C@@H]23)C(=O)c2cc(OC)cc(OC)c2)cc(OC)c1. The molecule has 0 spiro atoms. The predicted molar refractivity (Wildman–Crippen MR) is 155 cm³/mol. The number of piperidine rings is 2. The van der Waals surface area contributed by atoms with Gasteiger partial charge in [0.1, 0.15) is 28.5 Å². The number of nitrogens with one attached hydrogen (secondary N) is 1. The maximum Gasteiger partial charge on any atom is 0.255 e. The van der Waals surface area contributed by atoms with Crippen molar-refractivity contribution in [2.24, 2.45) is 5.92 Å². The molecule has 0 radical (unpaired) electrons. The van der Waals surface area contributed by atoms with E-state index in [1.54, 1.807) is 83.6 Å². The lowest BCUT2D eigenvalue weighted by Crippen LogP contribution is -2.59. The molecular weight excluding hydrogens is 510 g/mol. The highest BCUT2D eigenvalue weighted by atomic mass is 16.5. The van der Waals surface area contributed by atoms with Crippen LogP contribution in [0.5, 0.6) is 23.0 Å². The first-order valence-electron chi connectivity index (χ1n) is 14.0. The van der Waals surface area contributed by atoms with Gasteiger partial charge in [-0.05, 0) is 70.7 Å². The van der Waals surface area contributed by atoms with E-state index in [9.17, 15) is 9.59 Å². The Bertz CT molecular complexity index is 1150. The number of nitrogens with zero attached hydrogens (tertiary/aromatic N) is 2. The first kappa shape index (κ1) is 29.5. The van der Waals surface area contributed by atoms with Crippen molar-refractivity contribution in [1.82, 2.24) is 9.80 Å². The number of methoxy groups -OCH3 is 4. The molecule has 2 aliphatic rings. The van der Waals surface area contributed by atoms with Crippen LogP contribution < -0.4 is 24.3 Å². The monoisotopic (exact) mass is 553 g/mol. The number of carbonyl (C=O) groups is 2. The van der Waals surface area contributed by atoms with E-state index in [0.29, 0.717) is 46.8 Å². The topological polar surface area (TPSA) is 89.6 Å². The van der Waals surface area contributed by atoms with Gasteiger partial charge in [-0.15, -0.1) is 0 Å². The van der Waals surface area contributed by atoms with E-state index in [2.05, 4.69) is 10.2 Å². The Labute approximate surface area is 237 Å². The maximum absolute atomic E-state index is 14.3. The van der Waals surface area contributed by atoms with E-state index in [0.717, 1.165) is 32.4 Å². The first-order valence-corrected chi connectivity index (χ1v) is 14.0. The van der Waals surface area contributed by atoms with Crippen molar-refractivity contribution < 1.29 is 28.5 Å². The Morgan fingerprint density at radius 1 is 0.825 bits per heavy atom. The minimum atomic E-state index is -1.18. The molecule has 2 aliphatic heterocycles. The van der Waals surface area contributed by atoms with Gasteiger partial charge in [0.15, 0.2) is 0 Å². The predicted octanol–water partition coefficient (Wildman–Crippen LogP) is 4.85. The number of carbonyl (C=O) groups excluding carboxylic acids is 2. The molecule has 0 aliphatic carbocycles. The molecule has 0 unspecified atom stereocenters. The van der Waals surface area contributed by atoms with E-state index in [1.807, 2.05) is 0 Å². The van der Waals surface area contributed by atoms with Gasteiger partial charge in [-0.3, -0.25) is 9.59 Å². The van der Waals surface area contributed by atoms with Crippen LogP contribution in [0.1, 0.15) is 56.3 Å². The fourth-order valence-electron chi connectivity index (χ4n) is 5.96. The molecule has 1 N–H and O–H groups in total. The van der Waals surface area contributed by atoms with Crippen molar-refractivity contribution in [3.8, 4) is 23.0 Å². The van der Waals surface area contributed by atoms with Crippen molar-refractivity contribution in [2.75, 3.05) is 53.4 Å². The molecule has 0 saturated carbocycles. The number of fused-ring (bicyclic) bond motifs is 1. The Hall–Kier alpha value is -3.46. The fraction of sp³-hybridized carbons (Fsp3) is 0.548. The van der Waals surface area contributed by atoms with Crippen LogP contribution in [0, 0.1) is 5.92 Å². The van der Waals surface area contributed by atoms with Gasteiger partial charge in [0.2, 0.25) is 5.91 Å². The van der Waals surface area contributed by atoms with Crippen molar-refractivity contribution in [3.05, 3.63) is 42.0 Å². The van der Waals surface area contributed by atoms with Gasteiger partial charge >= 0.3 is 0 Å². The molecule has 0 aromatic heterocycles.